The molecule has 1 saturated heterocycles. The minimum Gasteiger partial charge on any atom is -0.494 e. The normalized spacial score (nSPS) is 17.2. The fraction of sp³-hybridized carbons (Fsp3) is 0.409. The summed E-state index contributed by atoms with van der Waals surface area (Å²) in [5.41, 5.74) is 3.47. The summed E-state index contributed by atoms with van der Waals surface area (Å²) in [6.07, 6.45) is 0.638. The number of nitrogens with one attached hydrogen (secondary N) is 2. The van der Waals surface area contributed by atoms with Gasteiger partial charge in [0.15, 0.2) is 5.65 Å². The minimum atomic E-state index is -5.08. The third kappa shape index (κ3) is 5.66. The number of methoxy groups -OCH3 is 1. The number of aliphatic carboxylic acids is 1. The van der Waals surface area contributed by atoms with Gasteiger partial charge in [0.25, 0.3) is 0 Å². The Labute approximate surface area is 209 Å². The maximum Gasteiger partial charge on any atom is 0.490 e. The number of urea groups is 1. The Morgan fingerprint density at radius 2 is 2.03 bits per heavy atom. The molecule has 0 radical (unpaired) electrons. The quantitative estimate of drug-likeness (QED) is 0.473. The third-order valence-electron chi connectivity index (χ3n) is 5.89. The van der Waals surface area contributed by atoms with Gasteiger partial charge in [0.1, 0.15) is 23.6 Å². The summed E-state index contributed by atoms with van der Waals surface area (Å²) in [7, 11) is 1.56. The number of nitrogens with zero attached hydrogens (tertiary/aromatic N) is 6. The lowest BCUT2D eigenvalue weighted by atomic mass is 10.1. The van der Waals surface area contributed by atoms with E-state index in [1.54, 1.807) is 35.0 Å². The van der Waals surface area contributed by atoms with Crippen molar-refractivity contribution in [1.82, 2.24) is 24.9 Å². The van der Waals surface area contributed by atoms with Crippen LogP contribution >= 0.6 is 0 Å². The Bertz CT molecular complexity index is 1300. The van der Waals surface area contributed by atoms with E-state index in [-0.39, 0.29) is 6.03 Å². The SMILES string of the molecule is COc1cc2ncnn2cc1NC(=O)N1CCc2c(N3CCN[C@H](C)C3)ccnc21.O=C(O)C(F)(F)F. The van der Waals surface area contributed by atoms with Gasteiger partial charge in [-0.1, -0.05) is 0 Å². The molecule has 2 aliphatic heterocycles. The lowest BCUT2D eigenvalue weighted by molar-refractivity contribution is -0.192. The highest BCUT2D eigenvalue weighted by Crippen LogP contribution is 2.35. The van der Waals surface area contributed by atoms with Gasteiger partial charge in [0, 0.05) is 55.7 Å². The second-order valence-corrected chi connectivity index (χ2v) is 8.39. The number of amides is 2. The highest BCUT2D eigenvalue weighted by Gasteiger charge is 2.38. The zero-order valence-corrected chi connectivity index (χ0v) is 20.0. The van der Waals surface area contributed by atoms with Crippen molar-refractivity contribution in [2.75, 3.05) is 48.4 Å². The first-order chi connectivity index (χ1) is 17.6. The molecule has 1 atom stereocenters. The van der Waals surface area contributed by atoms with Crippen LogP contribution in [0.1, 0.15) is 12.5 Å². The Morgan fingerprint density at radius 1 is 1.27 bits per heavy atom. The molecular formula is C22H25F3N8O4. The lowest BCUT2D eigenvalue weighted by Gasteiger charge is -2.34. The highest BCUT2D eigenvalue weighted by molar-refractivity contribution is 6.03. The summed E-state index contributed by atoms with van der Waals surface area (Å²) in [5, 5.41) is 17.7. The Hall–Kier alpha value is -4.14. The molecule has 3 N–H and O–H groups in total. The molecule has 198 valence electrons. The number of fused-ring (bicyclic) bond motifs is 2. The van der Waals surface area contributed by atoms with Crippen molar-refractivity contribution in [2.45, 2.75) is 25.6 Å². The van der Waals surface area contributed by atoms with Crippen molar-refractivity contribution in [1.29, 1.82) is 0 Å². The Kier molecular flexibility index (Phi) is 7.33. The number of carbonyl (C=O) groups excluding carboxylic acids is 1. The Balaban J connectivity index is 0.000000405. The van der Waals surface area contributed by atoms with Gasteiger partial charge in [0.2, 0.25) is 0 Å². The van der Waals surface area contributed by atoms with E-state index in [2.05, 4.69) is 43.6 Å². The van der Waals surface area contributed by atoms with Crippen LogP contribution in [0, 0.1) is 0 Å². The van der Waals surface area contributed by atoms with Crippen LogP contribution in [0.4, 0.5) is 35.2 Å². The molecule has 2 amide bonds. The molecule has 0 aliphatic carbocycles. The largest absolute Gasteiger partial charge is 0.494 e. The summed E-state index contributed by atoms with van der Waals surface area (Å²) in [6, 6.07) is 3.98. The summed E-state index contributed by atoms with van der Waals surface area (Å²) in [4.78, 5) is 34.7. The minimum absolute atomic E-state index is 0.246. The molecule has 3 aromatic rings. The van der Waals surface area contributed by atoms with E-state index in [0.29, 0.717) is 29.7 Å². The zero-order valence-electron chi connectivity index (χ0n) is 20.0. The first-order valence-corrected chi connectivity index (χ1v) is 11.3. The zero-order chi connectivity index (χ0) is 26.7. The second kappa shape index (κ2) is 10.5. The molecule has 1 fully saturated rings. The number of piperazine rings is 1. The van der Waals surface area contributed by atoms with E-state index in [4.69, 9.17) is 14.6 Å². The van der Waals surface area contributed by atoms with E-state index < -0.39 is 12.1 Å². The number of halogens is 3. The molecule has 5 heterocycles. The fourth-order valence-corrected chi connectivity index (χ4v) is 4.21. The molecule has 2 aliphatic rings. The summed E-state index contributed by atoms with van der Waals surface area (Å²) < 4.78 is 38.8. The number of anilines is 3. The number of aromatic nitrogens is 4. The van der Waals surface area contributed by atoms with Gasteiger partial charge in [-0.25, -0.2) is 24.1 Å². The molecule has 12 nitrogen and oxygen atoms in total. The van der Waals surface area contributed by atoms with Crippen LogP contribution in [0.3, 0.4) is 0 Å². The Morgan fingerprint density at radius 3 is 2.70 bits per heavy atom. The molecule has 0 unspecified atom stereocenters. The van der Waals surface area contributed by atoms with Gasteiger partial charge in [0.05, 0.1) is 13.3 Å². The molecule has 0 aromatic carbocycles. The van der Waals surface area contributed by atoms with Gasteiger partial charge in [-0.15, -0.1) is 0 Å². The average Bonchev–Trinajstić information content (AvgIpc) is 3.49. The van der Waals surface area contributed by atoms with Crippen molar-refractivity contribution >= 4 is 34.8 Å². The van der Waals surface area contributed by atoms with Crippen molar-refractivity contribution < 1.29 is 32.6 Å². The van der Waals surface area contributed by atoms with Crippen molar-refractivity contribution in [3.63, 3.8) is 0 Å². The number of carbonyl (C=O) groups is 2. The average molecular weight is 522 g/mol. The lowest BCUT2D eigenvalue weighted by Crippen LogP contribution is -2.49. The van der Waals surface area contributed by atoms with Crippen LogP contribution in [0.5, 0.6) is 5.75 Å². The van der Waals surface area contributed by atoms with Crippen LogP contribution in [-0.4, -0.2) is 82.2 Å². The molecule has 0 saturated carbocycles. The van der Waals surface area contributed by atoms with E-state index in [0.717, 1.165) is 37.4 Å². The number of rotatable bonds is 3. The van der Waals surface area contributed by atoms with Gasteiger partial charge < -0.3 is 25.4 Å². The van der Waals surface area contributed by atoms with Crippen LogP contribution in [0.25, 0.3) is 5.65 Å². The van der Waals surface area contributed by atoms with E-state index >= 15 is 0 Å². The number of alkyl halides is 3. The highest BCUT2D eigenvalue weighted by atomic mass is 19.4. The number of hydrogen-bond acceptors (Lipinski definition) is 8. The van der Waals surface area contributed by atoms with Gasteiger partial charge >= 0.3 is 18.2 Å². The van der Waals surface area contributed by atoms with Crippen LogP contribution in [0.2, 0.25) is 0 Å². The maximum atomic E-state index is 13.1. The van der Waals surface area contributed by atoms with Crippen LogP contribution in [-0.2, 0) is 11.2 Å². The van der Waals surface area contributed by atoms with Crippen molar-refractivity contribution in [2.24, 2.45) is 0 Å². The predicted molar refractivity (Wildman–Crippen MR) is 127 cm³/mol. The molecule has 5 rings (SSSR count). The van der Waals surface area contributed by atoms with Crippen molar-refractivity contribution in [3.8, 4) is 5.75 Å². The monoisotopic (exact) mass is 522 g/mol. The standard InChI is InChI=1S/C20H24N8O2.C2HF3O2/c1-13-10-26(8-6-21-13)16-3-5-22-19-14(16)4-7-27(19)20(29)25-15-11-28-18(23-12-24-28)9-17(15)30-2;3-2(4,5)1(6)7/h3,5,9,11-13,21H,4,6-8,10H2,1-2H3,(H,25,29);(H,6,7)/t13-;/m1./s1. The van der Waals surface area contributed by atoms with Crippen molar-refractivity contribution in [3.05, 3.63) is 36.4 Å². The first kappa shape index (κ1) is 25.9. The number of pyridine rings is 2. The maximum absolute atomic E-state index is 13.1. The topological polar surface area (TPSA) is 137 Å². The number of hydrogen-bond donors (Lipinski definition) is 3. The summed E-state index contributed by atoms with van der Waals surface area (Å²) in [5.74, 6) is -1.51. The van der Waals surface area contributed by atoms with Gasteiger partial charge in [-0.05, 0) is 19.4 Å². The van der Waals surface area contributed by atoms with E-state index in [1.807, 2.05) is 0 Å². The van der Waals surface area contributed by atoms with Crippen LogP contribution in [0.15, 0.2) is 30.9 Å². The first-order valence-electron chi connectivity index (χ1n) is 11.3. The van der Waals surface area contributed by atoms with Gasteiger partial charge in [-0.2, -0.15) is 18.3 Å². The predicted octanol–water partition coefficient (Wildman–Crippen LogP) is 2.16. The fourth-order valence-electron chi connectivity index (χ4n) is 4.21. The third-order valence-corrected chi connectivity index (χ3v) is 5.89. The molecule has 37 heavy (non-hydrogen) atoms. The smallest absolute Gasteiger partial charge is 0.490 e. The number of carboxylic acid groups (broad SMARTS) is 1. The van der Waals surface area contributed by atoms with E-state index in [9.17, 15) is 18.0 Å². The summed E-state index contributed by atoms with van der Waals surface area (Å²) in [6.45, 7) is 5.61. The number of ether oxygens (including phenoxy) is 1. The molecule has 0 spiro atoms. The molecular weight excluding hydrogens is 497 g/mol. The van der Waals surface area contributed by atoms with Crippen LogP contribution < -0.4 is 25.2 Å². The van der Waals surface area contributed by atoms with Gasteiger partial charge in [-0.3, -0.25) is 4.90 Å². The molecule has 15 heteroatoms. The summed E-state index contributed by atoms with van der Waals surface area (Å²) >= 11 is 0. The molecule has 3 aromatic heterocycles. The molecule has 0 bridgehead atoms. The second-order valence-electron chi connectivity index (χ2n) is 8.39. The van der Waals surface area contributed by atoms with E-state index in [1.165, 1.54) is 12.0 Å². The number of carboxylic acids is 1.